The lowest BCUT2D eigenvalue weighted by Gasteiger charge is -2.01. The van der Waals surface area contributed by atoms with E-state index >= 15 is 0 Å². The van der Waals surface area contributed by atoms with Gasteiger partial charge in [-0.3, -0.25) is 4.79 Å². The molecule has 23 heavy (non-hydrogen) atoms. The number of halogens is 3. The van der Waals surface area contributed by atoms with Crippen LogP contribution in [0, 0.1) is 6.92 Å². The van der Waals surface area contributed by atoms with Gasteiger partial charge < -0.3 is 21.9 Å². The van der Waals surface area contributed by atoms with Gasteiger partial charge in [-0.25, -0.2) is 0 Å². The molecule has 0 radical (unpaired) electrons. The zero-order valence-electron chi connectivity index (χ0n) is 12.8. The number of carbonyl (C=O) groups excluding carboxylic acids is 1. The Labute approximate surface area is 159 Å². The van der Waals surface area contributed by atoms with Crippen molar-refractivity contribution < 1.29 is 26.5 Å². The fraction of sp³-hybridized carbons (Fsp3) is 0.286. The van der Waals surface area contributed by atoms with Gasteiger partial charge in [0.25, 0.3) is 0 Å². The third-order valence-electron chi connectivity index (χ3n) is 2.66. The predicted molar refractivity (Wildman–Crippen MR) is 89.7 cm³/mol. The number of ketones is 1. The van der Waals surface area contributed by atoms with Gasteiger partial charge in [0.2, 0.25) is 12.1 Å². The van der Waals surface area contributed by atoms with Gasteiger partial charge in [0.05, 0.1) is 10.0 Å². The van der Waals surface area contributed by atoms with E-state index in [1.54, 1.807) is 29.2 Å². The quantitative estimate of drug-likeness (QED) is 0.289. The molecule has 0 unspecified atom stereocenters. The van der Waals surface area contributed by atoms with E-state index in [0.717, 1.165) is 5.01 Å². The largest absolute Gasteiger partial charge is 1.00 e. The minimum atomic E-state index is -0.102. The van der Waals surface area contributed by atoms with Crippen molar-refractivity contribution in [3.05, 3.63) is 38.8 Å². The average molecular weight is 438 g/mol. The van der Waals surface area contributed by atoms with Crippen LogP contribution in [0.25, 0.3) is 0 Å². The van der Waals surface area contributed by atoms with Crippen LogP contribution in [0.5, 0.6) is 0 Å². The number of carbonyl (C=O) groups is 1. The summed E-state index contributed by atoms with van der Waals surface area (Å²) in [6.07, 6.45) is 1.67. The molecule has 2 rings (SSSR count). The molecule has 0 amide bonds. The van der Waals surface area contributed by atoms with Gasteiger partial charge in [0.1, 0.15) is 5.01 Å². The molecule has 0 atom stereocenters. The summed E-state index contributed by atoms with van der Waals surface area (Å²) in [6.45, 7) is 1.97. The van der Waals surface area contributed by atoms with Crippen molar-refractivity contribution in [2.24, 2.45) is 4.99 Å². The first kappa shape index (κ1) is 20.0. The highest BCUT2D eigenvalue weighted by molar-refractivity contribution is 7.14. The van der Waals surface area contributed by atoms with Crippen molar-refractivity contribution in [2.45, 2.75) is 13.5 Å². The minimum Gasteiger partial charge on any atom is -1.00 e. The topological polar surface area (TPSA) is 49.4 Å². The highest BCUT2D eigenvalue weighted by atomic mass is 79.9. The first-order chi connectivity index (χ1) is 10.4. The summed E-state index contributed by atoms with van der Waals surface area (Å²) >= 11 is 13.2. The van der Waals surface area contributed by atoms with Crippen LogP contribution in [-0.4, -0.2) is 36.2 Å². The number of rotatable bonds is 5. The zero-order valence-corrected chi connectivity index (χ0v) is 16.7. The van der Waals surface area contributed by atoms with E-state index < -0.39 is 0 Å². The molecule has 0 aliphatic carbocycles. The van der Waals surface area contributed by atoms with E-state index in [1.165, 1.54) is 11.3 Å². The fourth-order valence-corrected chi connectivity index (χ4v) is 2.69. The van der Waals surface area contributed by atoms with Gasteiger partial charge in [0.15, 0.2) is 6.54 Å². The second kappa shape index (κ2) is 8.73. The van der Waals surface area contributed by atoms with Crippen molar-refractivity contribution in [2.75, 3.05) is 14.1 Å². The highest BCUT2D eigenvalue weighted by Crippen LogP contribution is 2.23. The summed E-state index contributed by atoms with van der Waals surface area (Å²) < 4.78 is 1.59. The molecule has 0 aliphatic heterocycles. The number of aromatic nitrogens is 2. The van der Waals surface area contributed by atoms with E-state index in [0.29, 0.717) is 20.7 Å². The SMILES string of the molecule is Cc1n[n+](CC(=O)c2ccc(Cl)c(Cl)c2)c(N=CN(C)C)s1.[Br-]. The van der Waals surface area contributed by atoms with Gasteiger partial charge in [-0.15, -0.1) is 4.68 Å². The third-order valence-corrected chi connectivity index (χ3v) is 4.27. The van der Waals surface area contributed by atoms with Gasteiger partial charge >= 0.3 is 5.13 Å². The smallest absolute Gasteiger partial charge is 0.406 e. The van der Waals surface area contributed by atoms with Crippen molar-refractivity contribution in [3.63, 3.8) is 0 Å². The second-order valence-electron chi connectivity index (χ2n) is 4.82. The molecule has 0 spiro atoms. The molecule has 0 aliphatic rings. The molecule has 124 valence electrons. The Hall–Kier alpha value is -1.02. The Morgan fingerprint density at radius 3 is 2.70 bits per heavy atom. The van der Waals surface area contributed by atoms with Crippen molar-refractivity contribution in [3.8, 4) is 0 Å². The first-order valence-electron chi connectivity index (χ1n) is 6.43. The van der Waals surface area contributed by atoms with E-state index in [9.17, 15) is 4.79 Å². The van der Waals surface area contributed by atoms with E-state index in [1.807, 2.05) is 25.9 Å². The van der Waals surface area contributed by atoms with Crippen LogP contribution < -0.4 is 21.7 Å². The Kier molecular flexibility index (Phi) is 7.60. The van der Waals surface area contributed by atoms with Crippen LogP contribution in [-0.2, 0) is 6.54 Å². The summed E-state index contributed by atoms with van der Waals surface area (Å²) in [7, 11) is 3.76. The first-order valence-corrected chi connectivity index (χ1v) is 8.00. The van der Waals surface area contributed by atoms with Crippen molar-refractivity contribution >= 4 is 51.8 Å². The molecule has 1 aromatic carbocycles. The third kappa shape index (κ3) is 5.53. The monoisotopic (exact) mass is 436 g/mol. The van der Waals surface area contributed by atoms with Gasteiger partial charge in [-0.1, -0.05) is 28.3 Å². The summed E-state index contributed by atoms with van der Waals surface area (Å²) in [5.74, 6) is -0.102. The fourth-order valence-electron chi connectivity index (χ4n) is 1.68. The standard InChI is InChI=1S/C14H15Cl2N4OS.BrH/c1-9-18-20(14(22-9)17-8-19(2)3)7-13(21)10-4-5-11(15)12(16)6-10;/h4-6,8H,7H2,1-3H3;1H/q+1;/p-1. The summed E-state index contributed by atoms with van der Waals surface area (Å²) in [5, 5.41) is 6.61. The predicted octanol–water partition coefficient (Wildman–Crippen LogP) is 0.154. The maximum atomic E-state index is 12.4. The van der Waals surface area contributed by atoms with Gasteiger partial charge in [-0.2, -0.15) is 0 Å². The lowest BCUT2D eigenvalue weighted by molar-refractivity contribution is -0.724. The maximum absolute atomic E-state index is 12.4. The number of hydrogen-bond acceptors (Lipinski definition) is 4. The molecular weight excluding hydrogens is 423 g/mol. The maximum Gasteiger partial charge on any atom is 0.406 e. The lowest BCUT2D eigenvalue weighted by atomic mass is 10.1. The van der Waals surface area contributed by atoms with E-state index in [2.05, 4.69) is 10.1 Å². The van der Waals surface area contributed by atoms with Crippen molar-refractivity contribution in [1.29, 1.82) is 0 Å². The number of benzene rings is 1. The van der Waals surface area contributed by atoms with Crippen LogP contribution in [0.2, 0.25) is 10.0 Å². The molecule has 0 N–H and O–H groups in total. The summed E-state index contributed by atoms with van der Waals surface area (Å²) in [6, 6.07) is 4.83. The minimum absolute atomic E-state index is 0. The number of nitrogens with zero attached hydrogens (tertiary/aromatic N) is 4. The molecular formula is C14H15BrCl2N4OS. The second-order valence-corrected chi connectivity index (χ2v) is 6.80. The zero-order chi connectivity index (χ0) is 16.3. The van der Waals surface area contributed by atoms with E-state index in [-0.39, 0.29) is 29.3 Å². The van der Waals surface area contributed by atoms with Crippen molar-refractivity contribution in [1.82, 2.24) is 10.00 Å². The van der Waals surface area contributed by atoms with Crippen LogP contribution in [0.1, 0.15) is 15.4 Å². The summed E-state index contributed by atoms with van der Waals surface area (Å²) in [5.41, 5.74) is 0.495. The summed E-state index contributed by atoms with van der Waals surface area (Å²) in [4.78, 5) is 18.5. The molecule has 1 heterocycles. The average Bonchev–Trinajstić information content (AvgIpc) is 2.79. The van der Waals surface area contributed by atoms with Crippen LogP contribution in [0.3, 0.4) is 0 Å². The van der Waals surface area contributed by atoms with E-state index in [4.69, 9.17) is 23.2 Å². The van der Waals surface area contributed by atoms with Crippen LogP contribution in [0.15, 0.2) is 23.2 Å². The molecule has 1 aromatic heterocycles. The lowest BCUT2D eigenvalue weighted by Crippen LogP contribution is -3.00. The van der Waals surface area contributed by atoms with Gasteiger partial charge in [0, 0.05) is 19.7 Å². The molecule has 0 bridgehead atoms. The van der Waals surface area contributed by atoms with Crippen LogP contribution >= 0.6 is 34.5 Å². The van der Waals surface area contributed by atoms with Gasteiger partial charge in [-0.05, 0) is 41.5 Å². The Morgan fingerprint density at radius 1 is 1.39 bits per heavy atom. The number of Topliss-reactive ketones (excluding diaryl/α,β-unsaturated/α-hetero) is 1. The molecule has 5 nitrogen and oxygen atoms in total. The molecule has 2 aromatic rings. The Bertz CT molecular complexity index is 734. The molecule has 0 fully saturated rings. The molecule has 0 saturated heterocycles. The molecule has 9 heteroatoms. The normalized spacial score (nSPS) is 10.7. The number of aliphatic imine (C=N–C) groups is 1. The highest BCUT2D eigenvalue weighted by Gasteiger charge is 2.20. The van der Waals surface area contributed by atoms with Crippen LogP contribution in [0.4, 0.5) is 5.13 Å². The number of aryl methyl sites for hydroxylation is 1. The Balaban J connectivity index is 0.00000264. The Morgan fingerprint density at radius 2 is 2.09 bits per heavy atom. The molecule has 0 saturated carbocycles. The number of hydrogen-bond donors (Lipinski definition) is 0.